The largest absolute Gasteiger partial charge is 0.351 e. The molecule has 2 aliphatic heterocycles. The maximum atomic E-state index is 12.2. The van der Waals surface area contributed by atoms with Gasteiger partial charge in [-0.25, -0.2) is 9.78 Å². The number of fused-ring (bicyclic) bond motifs is 1. The third kappa shape index (κ3) is 3.64. The molecule has 1 unspecified atom stereocenters. The third-order valence-electron chi connectivity index (χ3n) is 5.99. The van der Waals surface area contributed by atoms with Crippen LogP contribution in [-0.4, -0.2) is 57.9 Å². The van der Waals surface area contributed by atoms with E-state index in [9.17, 15) is 9.59 Å². The standard InChI is InChI=1S/C20H27N7O2/c1-13-4-7-27-12-15(23-16(27)10-13)11-22-18(21-3)26-8-5-14(6-9-26)20(2)17(28)24-19(29)25-20/h4,7,10,12,14H,5-6,8-9,11H2,1-3H3,(H,21,22)(H2,24,25,28,29). The van der Waals surface area contributed by atoms with Gasteiger partial charge in [-0.2, -0.15) is 0 Å². The van der Waals surface area contributed by atoms with E-state index in [-0.39, 0.29) is 11.8 Å². The molecule has 1 atom stereocenters. The van der Waals surface area contributed by atoms with Crippen molar-refractivity contribution >= 4 is 23.5 Å². The number of imidazole rings is 1. The smallest absolute Gasteiger partial charge is 0.322 e. The first-order valence-electron chi connectivity index (χ1n) is 9.92. The molecular weight excluding hydrogens is 370 g/mol. The van der Waals surface area contributed by atoms with Crippen LogP contribution in [0.1, 0.15) is 31.0 Å². The fraction of sp³-hybridized carbons (Fsp3) is 0.500. The summed E-state index contributed by atoms with van der Waals surface area (Å²) >= 11 is 0. The van der Waals surface area contributed by atoms with Gasteiger partial charge in [0.25, 0.3) is 5.91 Å². The molecule has 3 amide bonds. The first kappa shape index (κ1) is 19.2. The minimum atomic E-state index is -0.825. The van der Waals surface area contributed by atoms with E-state index in [1.54, 1.807) is 7.05 Å². The van der Waals surface area contributed by atoms with Crippen LogP contribution in [-0.2, 0) is 11.3 Å². The molecule has 0 radical (unpaired) electrons. The van der Waals surface area contributed by atoms with Gasteiger partial charge in [0, 0.05) is 32.5 Å². The van der Waals surface area contributed by atoms with E-state index in [4.69, 9.17) is 0 Å². The number of nitrogens with zero attached hydrogens (tertiary/aromatic N) is 4. The van der Waals surface area contributed by atoms with Gasteiger partial charge in [0.2, 0.25) is 0 Å². The molecule has 4 heterocycles. The lowest BCUT2D eigenvalue weighted by Crippen LogP contribution is -2.55. The van der Waals surface area contributed by atoms with E-state index in [2.05, 4.69) is 49.9 Å². The van der Waals surface area contributed by atoms with Crippen molar-refractivity contribution in [2.45, 2.75) is 38.8 Å². The van der Waals surface area contributed by atoms with Crippen LogP contribution in [0.3, 0.4) is 0 Å². The second-order valence-corrected chi connectivity index (χ2v) is 7.97. The summed E-state index contributed by atoms with van der Waals surface area (Å²) in [6, 6.07) is 3.71. The Morgan fingerprint density at radius 2 is 2.14 bits per heavy atom. The summed E-state index contributed by atoms with van der Waals surface area (Å²) < 4.78 is 2.01. The lowest BCUT2D eigenvalue weighted by atomic mass is 9.79. The molecule has 2 fully saturated rings. The minimum Gasteiger partial charge on any atom is -0.351 e. The van der Waals surface area contributed by atoms with Crippen molar-refractivity contribution in [2.75, 3.05) is 20.1 Å². The molecule has 4 rings (SSSR count). The number of rotatable bonds is 3. The van der Waals surface area contributed by atoms with Gasteiger partial charge >= 0.3 is 6.03 Å². The van der Waals surface area contributed by atoms with Crippen LogP contribution in [0.15, 0.2) is 29.5 Å². The number of pyridine rings is 1. The number of guanidine groups is 1. The van der Waals surface area contributed by atoms with Gasteiger partial charge in [0.05, 0.1) is 12.2 Å². The second-order valence-electron chi connectivity index (χ2n) is 7.97. The van der Waals surface area contributed by atoms with Crippen LogP contribution < -0.4 is 16.0 Å². The van der Waals surface area contributed by atoms with Crippen molar-refractivity contribution < 1.29 is 9.59 Å². The van der Waals surface area contributed by atoms with Gasteiger partial charge in [-0.15, -0.1) is 0 Å². The highest BCUT2D eigenvalue weighted by Gasteiger charge is 2.48. The molecule has 3 N–H and O–H groups in total. The summed E-state index contributed by atoms with van der Waals surface area (Å²) in [7, 11) is 1.77. The molecule has 2 saturated heterocycles. The molecule has 9 nitrogen and oxygen atoms in total. The quantitative estimate of drug-likeness (QED) is 0.408. The number of aryl methyl sites for hydroxylation is 1. The van der Waals surface area contributed by atoms with Gasteiger partial charge in [0.1, 0.15) is 11.2 Å². The Labute approximate surface area is 169 Å². The van der Waals surface area contributed by atoms with Crippen LogP contribution >= 0.6 is 0 Å². The molecule has 0 aromatic carbocycles. The van der Waals surface area contributed by atoms with Crippen molar-refractivity contribution in [1.82, 2.24) is 30.2 Å². The zero-order chi connectivity index (χ0) is 20.6. The van der Waals surface area contributed by atoms with Gasteiger partial charge in [-0.1, -0.05) is 0 Å². The topological polar surface area (TPSA) is 103 Å². The number of carbonyl (C=O) groups excluding carboxylic acids is 2. The van der Waals surface area contributed by atoms with E-state index in [1.807, 2.05) is 23.7 Å². The average Bonchev–Trinajstić information content (AvgIpc) is 3.22. The van der Waals surface area contributed by atoms with E-state index in [0.29, 0.717) is 6.54 Å². The van der Waals surface area contributed by atoms with Gasteiger partial charge in [-0.05, 0) is 50.3 Å². The zero-order valence-electron chi connectivity index (χ0n) is 17.0. The first-order valence-corrected chi connectivity index (χ1v) is 9.92. The highest BCUT2D eigenvalue weighted by atomic mass is 16.2. The number of carbonyl (C=O) groups is 2. The normalized spacial score (nSPS) is 23.4. The summed E-state index contributed by atoms with van der Waals surface area (Å²) in [5.74, 6) is 0.692. The number of nitrogens with one attached hydrogen (secondary N) is 3. The zero-order valence-corrected chi connectivity index (χ0v) is 17.0. The summed E-state index contributed by atoms with van der Waals surface area (Å²) in [5.41, 5.74) is 2.24. The third-order valence-corrected chi connectivity index (χ3v) is 5.99. The average molecular weight is 397 g/mol. The van der Waals surface area contributed by atoms with Crippen molar-refractivity contribution in [3.63, 3.8) is 0 Å². The summed E-state index contributed by atoms with van der Waals surface area (Å²) in [4.78, 5) is 35.0. The molecule has 0 bridgehead atoms. The maximum absolute atomic E-state index is 12.2. The van der Waals surface area contributed by atoms with Crippen LogP contribution in [0.5, 0.6) is 0 Å². The lowest BCUT2D eigenvalue weighted by molar-refractivity contribution is -0.125. The molecule has 0 spiro atoms. The lowest BCUT2D eigenvalue weighted by Gasteiger charge is -2.39. The van der Waals surface area contributed by atoms with Gasteiger partial charge < -0.3 is 19.9 Å². The Hall–Kier alpha value is -3.10. The first-order chi connectivity index (χ1) is 13.9. The summed E-state index contributed by atoms with van der Waals surface area (Å²) in [6.45, 7) is 6.00. The van der Waals surface area contributed by atoms with E-state index in [1.165, 1.54) is 5.56 Å². The van der Waals surface area contributed by atoms with Gasteiger partial charge in [-0.3, -0.25) is 15.1 Å². The van der Waals surface area contributed by atoms with E-state index >= 15 is 0 Å². The summed E-state index contributed by atoms with van der Waals surface area (Å²) in [6.07, 6.45) is 5.64. The van der Waals surface area contributed by atoms with Crippen molar-refractivity contribution in [3.8, 4) is 0 Å². The Balaban J connectivity index is 1.35. The maximum Gasteiger partial charge on any atom is 0.322 e. The van der Waals surface area contributed by atoms with Gasteiger partial charge in [0.15, 0.2) is 5.96 Å². The molecular formula is C20H27N7O2. The predicted molar refractivity (Wildman–Crippen MR) is 110 cm³/mol. The Morgan fingerprint density at radius 3 is 2.79 bits per heavy atom. The van der Waals surface area contributed by atoms with Crippen LogP contribution in [0, 0.1) is 12.8 Å². The number of imide groups is 1. The molecule has 0 aliphatic carbocycles. The Kier molecular flexibility index (Phi) is 4.89. The molecule has 2 aliphatic rings. The highest BCUT2D eigenvalue weighted by Crippen LogP contribution is 2.30. The number of aliphatic imine (C=N–C) groups is 1. The van der Waals surface area contributed by atoms with E-state index < -0.39 is 11.6 Å². The predicted octanol–water partition coefficient (Wildman–Crippen LogP) is 1.03. The molecule has 2 aromatic rings. The highest BCUT2D eigenvalue weighted by molar-refractivity contribution is 6.07. The fourth-order valence-corrected chi connectivity index (χ4v) is 4.24. The minimum absolute atomic E-state index is 0.102. The molecule has 9 heteroatoms. The molecule has 29 heavy (non-hydrogen) atoms. The molecule has 154 valence electrons. The molecule has 0 saturated carbocycles. The number of hydrogen-bond acceptors (Lipinski definition) is 4. The van der Waals surface area contributed by atoms with E-state index in [0.717, 1.165) is 43.2 Å². The number of amides is 3. The molecule has 2 aromatic heterocycles. The summed E-state index contributed by atoms with van der Waals surface area (Å²) in [5, 5.41) is 8.54. The van der Waals surface area contributed by atoms with Crippen LogP contribution in [0.4, 0.5) is 4.79 Å². The number of likely N-dealkylation sites (tertiary alicyclic amines) is 1. The Bertz CT molecular complexity index is 974. The Morgan fingerprint density at radius 1 is 1.38 bits per heavy atom. The number of aromatic nitrogens is 2. The van der Waals surface area contributed by atoms with Crippen molar-refractivity contribution in [2.24, 2.45) is 10.9 Å². The number of urea groups is 1. The van der Waals surface area contributed by atoms with Crippen LogP contribution in [0.2, 0.25) is 0 Å². The number of piperidine rings is 1. The van der Waals surface area contributed by atoms with Crippen molar-refractivity contribution in [3.05, 3.63) is 35.8 Å². The van der Waals surface area contributed by atoms with Crippen LogP contribution in [0.25, 0.3) is 5.65 Å². The van der Waals surface area contributed by atoms with Crippen molar-refractivity contribution in [1.29, 1.82) is 0 Å². The second kappa shape index (κ2) is 7.38. The SMILES string of the molecule is CN=C(NCc1cn2ccc(C)cc2n1)N1CCC(C2(C)NC(=O)NC2=O)CC1. The monoisotopic (exact) mass is 397 g/mol. The number of hydrogen-bond donors (Lipinski definition) is 3. The fourth-order valence-electron chi connectivity index (χ4n) is 4.24.